The molecular weight excluding hydrogens is 166 g/mol. The zero-order valence-corrected chi connectivity index (χ0v) is 8.52. The maximum absolute atomic E-state index is 11.3. The SMILES string of the molecule is CCOC(=O)C1=CCC(C)(C)NC1. The van der Waals surface area contributed by atoms with Gasteiger partial charge < -0.3 is 10.1 Å². The molecule has 1 aliphatic heterocycles. The van der Waals surface area contributed by atoms with Crippen molar-refractivity contribution in [3.05, 3.63) is 11.6 Å². The van der Waals surface area contributed by atoms with Crippen molar-refractivity contribution in [2.45, 2.75) is 32.7 Å². The number of ether oxygens (including phenoxy) is 1. The summed E-state index contributed by atoms with van der Waals surface area (Å²) in [5.74, 6) is -0.189. The van der Waals surface area contributed by atoms with Gasteiger partial charge in [0.2, 0.25) is 0 Å². The van der Waals surface area contributed by atoms with Crippen molar-refractivity contribution in [1.29, 1.82) is 0 Å². The number of hydrogen-bond donors (Lipinski definition) is 1. The molecule has 0 spiro atoms. The minimum Gasteiger partial charge on any atom is -0.463 e. The third kappa shape index (κ3) is 2.84. The predicted molar refractivity (Wildman–Crippen MR) is 51.4 cm³/mol. The predicted octanol–water partition coefficient (Wildman–Crippen LogP) is 1.25. The van der Waals surface area contributed by atoms with Crippen LogP contribution in [-0.4, -0.2) is 24.7 Å². The molecular formula is C10H17NO2. The summed E-state index contributed by atoms with van der Waals surface area (Å²) in [5.41, 5.74) is 0.858. The fourth-order valence-corrected chi connectivity index (χ4v) is 1.24. The molecule has 0 saturated carbocycles. The first-order valence-electron chi connectivity index (χ1n) is 4.66. The van der Waals surface area contributed by atoms with Crippen LogP contribution in [0.5, 0.6) is 0 Å². The highest BCUT2D eigenvalue weighted by Gasteiger charge is 2.23. The minimum absolute atomic E-state index is 0.107. The fraction of sp³-hybridized carbons (Fsp3) is 0.700. The van der Waals surface area contributed by atoms with E-state index in [0.29, 0.717) is 13.2 Å². The molecule has 0 aromatic heterocycles. The van der Waals surface area contributed by atoms with E-state index in [1.54, 1.807) is 0 Å². The van der Waals surface area contributed by atoms with Crippen molar-refractivity contribution >= 4 is 5.97 Å². The molecule has 13 heavy (non-hydrogen) atoms. The van der Waals surface area contributed by atoms with Gasteiger partial charge in [0, 0.05) is 17.7 Å². The van der Waals surface area contributed by atoms with Crippen LogP contribution in [0, 0.1) is 0 Å². The Morgan fingerprint density at radius 2 is 2.38 bits per heavy atom. The minimum atomic E-state index is -0.189. The number of rotatable bonds is 2. The molecule has 0 aromatic rings. The lowest BCUT2D eigenvalue weighted by Crippen LogP contribution is -2.43. The molecule has 0 fully saturated rings. The molecule has 3 heteroatoms. The molecule has 3 nitrogen and oxygen atoms in total. The van der Waals surface area contributed by atoms with Gasteiger partial charge in [-0.3, -0.25) is 0 Å². The topological polar surface area (TPSA) is 38.3 Å². The largest absolute Gasteiger partial charge is 0.463 e. The summed E-state index contributed by atoms with van der Waals surface area (Å²) in [7, 11) is 0. The van der Waals surface area contributed by atoms with Crippen molar-refractivity contribution in [2.75, 3.05) is 13.2 Å². The molecule has 0 amide bonds. The molecule has 1 heterocycles. The third-order valence-electron chi connectivity index (χ3n) is 2.15. The van der Waals surface area contributed by atoms with Gasteiger partial charge in [-0.2, -0.15) is 0 Å². The van der Waals surface area contributed by atoms with Gasteiger partial charge >= 0.3 is 5.97 Å². The van der Waals surface area contributed by atoms with E-state index in [4.69, 9.17) is 4.74 Å². The zero-order valence-electron chi connectivity index (χ0n) is 8.52. The van der Waals surface area contributed by atoms with Crippen molar-refractivity contribution in [1.82, 2.24) is 5.32 Å². The third-order valence-corrected chi connectivity index (χ3v) is 2.15. The Bertz CT molecular complexity index is 231. The Kier molecular flexibility index (Phi) is 3.09. The van der Waals surface area contributed by atoms with Crippen molar-refractivity contribution in [3.63, 3.8) is 0 Å². The van der Waals surface area contributed by atoms with Gasteiger partial charge in [0.1, 0.15) is 0 Å². The van der Waals surface area contributed by atoms with Gasteiger partial charge in [-0.25, -0.2) is 4.79 Å². The summed E-state index contributed by atoms with van der Waals surface area (Å²) in [6.07, 6.45) is 2.84. The normalized spacial score (nSPS) is 20.7. The fourth-order valence-electron chi connectivity index (χ4n) is 1.24. The quantitative estimate of drug-likeness (QED) is 0.655. The van der Waals surface area contributed by atoms with Gasteiger partial charge in [0.25, 0.3) is 0 Å². The molecule has 1 rings (SSSR count). The van der Waals surface area contributed by atoms with Crippen LogP contribution in [0.4, 0.5) is 0 Å². The van der Waals surface area contributed by atoms with Gasteiger partial charge in [-0.1, -0.05) is 6.08 Å². The maximum Gasteiger partial charge on any atom is 0.334 e. The first-order valence-corrected chi connectivity index (χ1v) is 4.66. The smallest absolute Gasteiger partial charge is 0.334 e. The standard InChI is InChI=1S/C10H17NO2/c1-4-13-9(12)8-5-6-10(2,3)11-7-8/h5,11H,4,6-7H2,1-3H3. The van der Waals surface area contributed by atoms with Crippen molar-refractivity contribution < 1.29 is 9.53 Å². The van der Waals surface area contributed by atoms with E-state index in [-0.39, 0.29) is 11.5 Å². The summed E-state index contributed by atoms with van der Waals surface area (Å²) in [6, 6.07) is 0. The average molecular weight is 183 g/mol. The Morgan fingerprint density at radius 1 is 1.69 bits per heavy atom. The second kappa shape index (κ2) is 3.92. The highest BCUT2D eigenvalue weighted by atomic mass is 16.5. The molecule has 0 unspecified atom stereocenters. The van der Waals surface area contributed by atoms with E-state index in [0.717, 1.165) is 12.0 Å². The number of esters is 1. The van der Waals surface area contributed by atoms with Crippen LogP contribution >= 0.6 is 0 Å². The molecule has 0 aliphatic carbocycles. The lowest BCUT2D eigenvalue weighted by Gasteiger charge is -2.29. The van der Waals surface area contributed by atoms with Crippen LogP contribution in [0.2, 0.25) is 0 Å². The summed E-state index contributed by atoms with van der Waals surface area (Å²) >= 11 is 0. The van der Waals surface area contributed by atoms with Crippen LogP contribution in [0.1, 0.15) is 27.2 Å². The Labute approximate surface area is 79.2 Å². The summed E-state index contributed by atoms with van der Waals surface area (Å²) in [4.78, 5) is 11.3. The first-order chi connectivity index (χ1) is 6.05. The molecule has 0 radical (unpaired) electrons. The average Bonchev–Trinajstić information content (AvgIpc) is 2.04. The second-order valence-electron chi connectivity index (χ2n) is 3.89. The van der Waals surface area contributed by atoms with Crippen LogP contribution in [-0.2, 0) is 9.53 Å². The summed E-state index contributed by atoms with van der Waals surface area (Å²) in [5, 5.41) is 3.28. The lowest BCUT2D eigenvalue weighted by atomic mass is 9.94. The monoisotopic (exact) mass is 183 g/mol. The maximum atomic E-state index is 11.3. The number of nitrogens with one attached hydrogen (secondary N) is 1. The Morgan fingerprint density at radius 3 is 2.85 bits per heavy atom. The Hall–Kier alpha value is -0.830. The number of carbonyl (C=O) groups excluding carboxylic acids is 1. The molecule has 1 aliphatic rings. The van der Waals surface area contributed by atoms with E-state index in [1.807, 2.05) is 13.0 Å². The Balaban J connectivity index is 2.55. The van der Waals surface area contributed by atoms with Crippen molar-refractivity contribution in [2.24, 2.45) is 0 Å². The van der Waals surface area contributed by atoms with Gasteiger partial charge in [0.15, 0.2) is 0 Å². The highest BCUT2D eigenvalue weighted by molar-refractivity contribution is 5.89. The number of carbonyl (C=O) groups is 1. The zero-order chi connectivity index (χ0) is 9.90. The van der Waals surface area contributed by atoms with Crippen LogP contribution in [0.3, 0.4) is 0 Å². The van der Waals surface area contributed by atoms with Gasteiger partial charge in [0.05, 0.1) is 6.61 Å². The molecule has 74 valence electrons. The molecule has 1 N–H and O–H groups in total. The highest BCUT2D eigenvalue weighted by Crippen LogP contribution is 2.16. The summed E-state index contributed by atoms with van der Waals surface area (Å²) in [6.45, 7) is 7.11. The van der Waals surface area contributed by atoms with Gasteiger partial charge in [-0.05, 0) is 27.2 Å². The molecule has 0 saturated heterocycles. The van der Waals surface area contributed by atoms with Crippen molar-refractivity contribution in [3.8, 4) is 0 Å². The molecule has 0 atom stereocenters. The van der Waals surface area contributed by atoms with E-state index < -0.39 is 0 Å². The summed E-state index contributed by atoms with van der Waals surface area (Å²) < 4.78 is 4.90. The van der Waals surface area contributed by atoms with Crippen LogP contribution in [0.25, 0.3) is 0 Å². The first kappa shape index (κ1) is 10.3. The molecule has 0 aromatic carbocycles. The van der Waals surface area contributed by atoms with Gasteiger partial charge in [-0.15, -0.1) is 0 Å². The van der Waals surface area contributed by atoms with E-state index in [9.17, 15) is 4.79 Å². The van der Waals surface area contributed by atoms with Crippen LogP contribution < -0.4 is 5.32 Å². The van der Waals surface area contributed by atoms with E-state index in [1.165, 1.54) is 0 Å². The van der Waals surface area contributed by atoms with E-state index in [2.05, 4.69) is 19.2 Å². The second-order valence-corrected chi connectivity index (χ2v) is 3.89. The van der Waals surface area contributed by atoms with Crippen LogP contribution in [0.15, 0.2) is 11.6 Å². The lowest BCUT2D eigenvalue weighted by molar-refractivity contribution is -0.138. The molecule has 0 bridgehead atoms. The number of hydrogen-bond acceptors (Lipinski definition) is 3. The van der Waals surface area contributed by atoms with E-state index >= 15 is 0 Å².